The van der Waals surface area contributed by atoms with Gasteiger partial charge in [-0.3, -0.25) is 4.79 Å². The van der Waals surface area contributed by atoms with Crippen LogP contribution in [0.3, 0.4) is 0 Å². The van der Waals surface area contributed by atoms with Crippen molar-refractivity contribution in [3.05, 3.63) is 0 Å². The van der Waals surface area contributed by atoms with Gasteiger partial charge in [0, 0.05) is 6.54 Å². The predicted molar refractivity (Wildman–Crippen MR) is 79.2 cm³/mol. The maximum atomic E-state index is 13.0. The van der Waals surface area contributed by atoms with E-state index in [2.05, 4.69) is 6.07 Å². The topological polar surface area (TPSA) is 70.4 Å². The van der Waals surface area contributed by atoms with Gasteiger partial charge in [0.25, 0.3) is 0 Å². The zero-order valence-corrected chi connectivity index (χ0v) is 13.4. The van der Waals surface area contributed by atoms with Gasteiger partial charge in [-0.2, -0.15) is 5.26 Å². The number of methoxy groups -OCH3 is 1. The monoisotopic (exact) mass is 294 g/mol. The minimum Gasteiger partial charge on any atom is -0.467 e. The molecule has 1 unspecified atom stereocenters. The van der Waals surface area contributed by atoms with Crippen molar-refractivity contribution in [2.75, 3.05) is 13.7 Å². The second-order valence-corrected chi connectivity index (χ2v) is 5.73. The molecule has 0 bridgehead atoms. The molecule has 1 saturated heterocycles. The molecule has 1 aliphatic heterocycles. The lowest BCUT2D eigenvalue weighted by atomic mass is 9.78. The summed E-state index contributed by atoms with van der Waals surface area (Å²) in [6.07, 6.45) is 5.04. The molecule has 0 aromatic rings. The van der Waals surface area contributed by atoms with Crippen molar-refractivity contribution >= 4 is 11.9 Å². The molecule has 5 nitrogen and oxygen atoms in total. The van der Waals surface area contributed by atoms with Crippen molar-refractivity contribution in [3.8, 4) is 6.07 Å². The molecule has 5 heteroatoms. The normalized spacial score (nSPS) is 19.0. The van der Waals surface area contributed by atoms with Crippen LogP contribution in [-0.4, -0.2) is 36.5 Å². The zero-order chi connectivity index (χ0) is 15.9. The molecular formula is C16H26N2O3. The number of nitriles is 1. The van der Waals surface area contributed by atoms with Gasteiger partial charge >= 0.3 is 5.97 Å². The van der Waals surface area contributed by atoms with Gasteiger partial charge in [-0.05, 0) is 32.1 Å². The number of carbonyl (C=O) groups excluding carboxylic acids is 2. The minimum absolute atomic E-state index is 0.191. The molecule has 0 aromatic carbocycles. The molecule has 0 N–H and O–H groups in total. The molecular weight excluding hydrogens is 268 g/mol. The Hall–Kier alpha value is -1.57. The first-order valence-electron chi connectivity index (χ1n) is 7.86. The van der Waals surface area contributed by atoms with Crippen LogP contribution in [0.1, 0.15) is 58.8 Å². The van der Waals surface area contributed by atoms with E-state index in [1.54, 1.807) is 4.90 Å². The molecule has 0 saturated carbocycles. The lowest BCUT2D eigenvalue weighted by Gasteiger charge is -2.38. The summed E-state index contributed by atoms with van der Waals surface area (Å²) < 4.78 is 4.82. The van der Waals surface area contributed by atoms with E-state index in [0.29, 0.717) is 25.8 Å². The third-order valence-electron chi connectivity index (χ3n) is 4.21. The van der Waals surface area contributed by atoms with Crippen LogP contribution in [0.4, 0.5) is 0 Å². The number of hydrogen-bond acceptors (Lipinski definition) is 4. The quantitative estimate of drug-likeness (QED) is 0.706. The van der Waals surface area contributed by atoms with E-state index in [4.69, 9.17) is 4.74 Å². The molecule has 118 valence electrons. The summed E-state index contributed by atoms with van der Waals surface area (Å²) in [5, 5.41) is 9.61. The van der Waals surface area contributed by atoms with Crippen LogP contribution in [0.5, 0.6) is 0 Å². The van der Waals surface area contributed by atoms with Crippen LogP contribution in [-0.2, 0) is 14.3 Å². The van der Waals surface area contributed by atoms with Gasteiger partial charge in [-0.25, -0.2) is 4.79 Å². The number of rotatable bonds is 6. The van der Waals surface area contributed by atoms with E-state index < -0.39 is 11.5 Å². The average molecular weight is 294 g/mol. The maximum Gasteiger partial charge on any atom is 0.328 e. The fourth-order valence-corrected chi connectivity index (χ4v) is 3.18. The van der Waals surface area contributed by atoms with Crippen molar-refractivity contribution in [1.82, 2.24) is 4.90 Å². The van der Waals surface area contributed by atoms with Crippen molar-refractivity contribution in [2.45, 2.75) is 64.8 Å². The Morgan fingerprint density at radius 3 is 2.38 bits per heavy atom. The lowest BCUT2D eigenvalue weighted by Crippen LogP contribution is -2.53. The Morgan fingerprint density at radius 2 is 1.90 bits per heavy atom. The number of ether oxygens (including phenoxy) is 1. The third-order valence-corrected chi connectivity index (χ3v) is 4.21. The summed E-state index contributed by atoms with van der Waals surface area (Å²) in [6.45, 7) is 4.49. The van der Waals surface area contributed by atoms with Crippen molar-refractivity contribution in [2.24, 2.45) is 5.41 Å². The highest BCUT2D eigenvalue weighted by atomic mass is 16.5. The van der Waals surface area contributed by atoms with Crippen LogP contribution in [0, 0.1) is 16.7 Å². The van der Waals surface area contributed by atoms with Crippen LogP contribution in [0.25, 0.3) is 0 Å². The average Bonchev–Trinajstić information content (AvgIpc) is 2.53. The number of esters is 1. The second-order valence-electron chi connectivity index (χ2n) is 5.73. The minimum atomic E-state index is -0.993. The summed E-state index contributed by atoms with van der Waals surface area (Å²) >= 11 is 0. The largest absolute Gasteiger partial charge is 0.467 e. The van der Waals surface area contributed by atoms with Crippen LogP contribution >= 0.6 is 0 Å². The van der Waals surface area contributed by atoms with Gasteiger partial charge < -0.3 is 9.64 Å². The van der Waals surface area contributed by atoms with Crippen molar-refractivity contribution in [3.63, 3.8) is 0 Å². The van der Waals surface area contributed by atoms with Gasteiger partial charge in [-0.1, -0.05) is 26.7 Å². The highest BCUT2D eigenvalue weighted by Crippen LogP contribution is 2.34. The fourth-order valence-electron chi connectivity index (χ4n) is 3.18. The van der Waals surface area contributed by atoms with Crippen molar-refractivity contribution in [1.29, 1.82) is 5.26 Å². The molecule has 0 aliphatic carbocycles. The van der Waals surface area contributed by atoms with E-state index >= 15 is 0 Å². The summed E-state index contributed by atoms with van der Waals surface area (Å²) in [5.74, 6) is -0.563. The Balaban J connectivity index is 3.05. The Morgan fingerprint density at radius 1 is 1.29 bits per heavy atom. The van der Waals surface area contributed by atoms with E-state index in [1.807, 2.05) is 13.8 Å². The Kier molecular flexibility index (Phi) is 6.67. The first kappa shape index (κ1) is 17.5. The number of likely N-dealkylation sites (tertiary alicyclic amines) is 1. The smallest absolute Gasteiger partial charge is 0.328 e. The Labute approximate surface area is 127 Å². The molecule has 0 spiro atoms. The van der Waals surface area contributed by atoms with Crippen LogP contribution < -0.4 is 0 Å². The van der Waals surface area contributed by atoms with E-state index in [1.165, 1.54) is 7.11 Å². The van der Waals surface area contributed by atoms with E-state index in [0.717, 1.165) is 25.7 Å². The summed E-state index contributed by atoms with van der Waals surface area (Å²) in [5.41, 5.74) is -0.993. The van der Waals surface area contributed by atoms with Crippen LogP contribution in [0.2, 0.25) is 0 Å². The zero-order valence-electron chi connectivity index (χ0n) is 13.4. The molecule has 0 aromatic heterocycles. The highest BCUT2D eigenvalue weighted by Gasteiger charge is 2.44. The predicted octanol–water partition coefficient (Wildman–Crippen LogP) is 2.65. The maximum absolute atomic E-state index is 13.0. The molecule has 1 heterocycles. The second kappa shape index (κ2) is 8.02. The number of amides is 1. The molecule has 1 atom stereocenters. The molecule has 0 radical (unpaired) electrons. The van der Waals surface area contributed by atoms with Gasteiger partial charge in [0.2, 0.25) is 5.91 Å². The number of carbonyl (C=O) groups is 2. The molecule has 1 fully saturated rings. The van der Waals surface area contributed by atoms with Crippen molar-refractivity contribution < 1.29 is 14.3 Å². The Bertz CT molecular complexity index is 408. The van der Waals surface area contributed by atoms with Gasteiger partial charge in [-0.15, -0.1) is 0 Å². The first-order valence-corrected chi connectivity index (χ1v) is 7.86. The number of piperidine rings is 1. The summed E-state index contributed by atoms with van der Waals surface area (Å²) in [4.78, 5) is 26.5. The summed E-state index contributed by atoms with van der Waals surface area (Å²) in [7, 11) is 1.34. The standard InChI is InChI=1S/C16H26N2O3/c1-4-9-16(12-17,10-5-2)15(20)18-11-7-6-8-13(18)14(19)21-3/h13H,4-11H2,1-3H3. The SMILES string of the molecule is CCCC(C#N)(CCC)C(=O)N1CCCCC1C(=O)OC. The third kappa shape index (κ3) is 3.75. The first-order chi connectivity index (χ1) is 10.1. The molecule has 1 amide bonds. The van der Waals surface area contributed by atoms with Gasteiger partial charge in [0.05, 0.1) is 13.2 Å². The summed E-state index contributed by atoms with van der Waals surface area (Å²) in [6, 6.07) is 1.72. The van der Waals surface area contributed by atoms with Crippen LogP contribution in [0.15, 0.2) is 0 Å². The van der Waals surface area contributed by atoms with E-state index in [-0.39, 0.29) is 11.9 Å². The molecule has 21 heavy (non-hydrogen) atoms. The molecule has 1 rings (SSSR count). The lowest BCUT2D eigenvalue weighted by molar-refractivity contribution is -0.158. The number of hydrogen-bond donors (Lipinski definition) is 0. The fraction of sp³-hybridized carbons (Fsp3) is 0.812. The van der Waals surface area contributed by atoms with Gasteiger partial charge in [0.1, 0.15) is 11.5 Å². The van der Waals surface area contributed by atoms with E-state index in [9.17, 15) is 14.9 Å². The number of nitrogens with zero attached hydrogens (tertiary/aromatic N) is 2. The van der Waals surface area contributed by atoms with Gasteiger partial charge in [0.15, 0.2) is 0 Å². The highest BCUT2D eigenvalue weighted by molar-refractivity contribution is 5.90. The molecule has 1 aliphatic rings.